The monoisotopic (exact) mass is 566 g/mol. The van der Waals surface area contributed by atoms with Crippen molar-refractivity contribution in [2.75, 3.05) is 36.3 Å². The van der Waals surface area contributed by atoms with Crippen LogP contribution in [0.5, 0.6) is 0 Å². The van der Waals surface area contributed by atoms with E-state index in [1.165, 1.54) is 18.2 Å². The first-order chi connectivity index (χ1) is 17.6. The fraction of sp³-hybridized carbons (Fsp3) is 0.462. The van der Waals surface area contributed by atoms with Crippen LogP contribution in [-0.2, 0) is 19.6 Å². The van der Waals surface area contributed by atoms with E-state index < -0.39 is 27.9 Å². The van der Waals surface area contributed by atoms with E-state index in [9.17, 15) is 18.0 Å². The number of rotatable bonds is 8. The number of fused-ring (bicyclic) bond motifs is 1. The third kappa shape index (κ3) is 5.74. The van der Waals surface area contributed by atoms with Crippen LogP contribution in [0, 0.1) is 11.8 Å². The van der Waals surface area contributed by atoms with Gasteiger partial charge in [-0.15, -0.1) is 0 Å². The maximum absolute atomic E-state index is 14.0. The van der Waals surface area contributed by atoms with Crippen molar-refractivity contribution >= 4 is 56.4 Å². The molecule has 37 heavy (non-hydrogen) atoms. The van der Waals surface area contributed by atoms with E-state index in [2.05, 4.69) is 22.6 Å². The van der Waals surface area contributed by atoms with Gasteiger partial charge in [0.25, 0.3) is 10.0 Å². The number of para-hydroxylation sites is 2. The van der Waals surface area contributed by atoms with Crippen LogP contribution in [0.1, 0.15) is 32.6 Å². The molecule has 8 nitrogen and oxygen atoms in total. The normalized spacial score (nSPS) is 19.7. The molecular formula is C26H32Cl2N4O4S. The molecule has 0 bridgehead atoms. The van der Waals surface area contributed by atoms with E-state index in [1.807, 2.05) is 0 Å². The van der Waals surface area contributed by atoms with Gasteiger partial charge in [-0.1, -0.05) is 48.3 Å². The molecule has 0 radical (unpaired) electrons. The maximum Gasteiger partial charge on any atom is 0.266 e. The number of likely N-dealkylation sites (tertiary alicyclic amines) is 1. The van der Waals surface area contributed by atoms with Gasteiger partial charge in [0.05, 0.1) is 27.3 Å². The molecule has 2 aromatic carbocycles. The van der Waals surface area contributed by atoms with Gasteiger partial charge < -0.3 is 15.5 Å². The smallest absolute Gasteiger partial charge is 0.266 e. The number of anilines is 2. The summed E-state index contributed by atoms with van der Waals surface area (Å²) in [6.45, 7) is 4.32. The Morgan fingerprint density at radius 1 is 1.14 bits per heavy atom. The van der Waals surface area contributed by atoms with Crippen molar-refractivity contribution in [2.45, 2.75) is 43.5 Å². The van der Waals surface area contributed by atoms with Crippen molar-refractivity contribution < 1.29 is 18.0 Å². The summed E-state index contributed by atoms with van der Waals surface area (Å²) in [7, 11) is -2.27. The number of carbonyl (C=O) groups excluding carboxylic acids is 2. The number of amides is 2. The molecule has 200 valence electrons. The molecule has 1 fully saturated rings. The van der Waals surface area contributed by atoms with Gasteiger partial charge in [-0.05, 0) is 76.0 Å². The average Bonchev–Trinajstić information content (AvgIpc) is 2.87. The Labute approximate surface area is 228 Å². The number of hydrogen-bond donors (Lipinski definition) is 2. The predicted octanol–water partition coefficient (Wildman–Crippen LogP) is 4.38. The van der Waals surface area contributed by atoms with Gasteiger partial charge in [-0.25, -0.2) is 8.42 Å². The highest BCUT2D eigenvalue weighted by Crippen LogP contribution is 2.41. The van der Waals surface area contributed by atoms with Crippen LogP contribution >= 0.6 is 23.2 Å². The van der Waals surface area contributed by atoms with Crippen molar-refractivity contribution in [3.05, 3.63) is 52.5 Å². The number of halogens is 2. The van der Waals surface area contributed by atoms with Crippen LogP contribution in [0.25, 0.3) is 0 Å². The lowest BCUT2D eigenvalue weighted by molar-refractivity contribution is -0.129. The summed E-state index contributed by atoms with van der Waals surface area (Å²) >= 11 is 12.4. The second-order valence-electron chi connectivity index (χ2n) is 9.65. The van der Waals surface area contributed by atoms with Gasteiger partial charge in [0.15, 0.2) is 0 Å². The minimum absolute atomic E-state index is 0.0766. The Balaban J connectivity index is 1.64. The van der Waals surface area contributed by atoms with E-state index in [0.29, 0.717) is 18.2 Å². The molecule has 0 saturated carbocycles. The molecule has 2 aromatic rings. The van der Waals surface area contributed by atoms with Crippen LogP contribution in [0.3, 0.4) is 0 Å². The van der Waals surface area contributed by atoms with Crippen molar-refractivity contribution in [3.63, 3.8) is 0 Å². The third-order valence-electron chi connectivity index (χ3n) is 7.22. The summed E-state index contributed by atoms with van der Waals surface area (Å²) < 4.78 is 29.1. The predicted molar refractivity (Wildman–Crippen MR) is 147 cm³/mol. The Hall–Kier alpha value is -2.33. The first-order valence-electron chi connectivity index (χ1n) is 12.5. The van der Waals surface area contributed by atoms with Crippen LogP contribution in [0.4, 0.5) is 11.4 Å². The SMILES string of the molecule is CCC(C(=O)NCCC1CCN(C)CC1)C1C(=O)Nc2ccccc2N1S(=O)(=O)c1cccc(Cl)c1Cl. The Kier molecular flexibility index (Phi) is 8.68. The lowest BCUT2D eigenvalue weighted by atomic mass is 9.92. The van der Waals surface area contributed by atoms with E-state index in [0.717, 1.165) is 36.7 Å². The highest BCUT2D eigenvalue weighted by Gasteiger charge is 2.47. The van der Waals surface area contributed by atoms with Crippen molar-refractivity contribution in [1.29, 1.82) is 0 Å². The number of piperidine rings is 1. The first-order valence-corrected chi connectivity index (χ1v) is 14.7. The van der Waals surface area contributed by atoms with Gasteiger partial charge in [0.1, 0.15) is 10.9 Å². The topological polar surface area (TPSA) is 98.8 Å². The summed E-state index contributed by atoms with van der Waals surface area (Å²) in [5, 5.41) is 5.69. The summed E-state index contributed by atoms with van der Waals surface area (Å²) in [6, 6.07) is 9.61. The molecule has 0 aliphatic carbocycles. The van der Waals surface area contributed by atoms with Crippen LogP contribution in [0.15, 0.2) is 47.4 Å². The number of hydrogen-bond acceptors (Lipinski definition) is 5. The Bertz CT molecular complexity index is 1260. The molecule has 2 amide bonds. The molecule has 4 rings (SSSR count). The highest BCUT2D eigenvalue weighted by atomic mass is 35.5. The van der Waals surface area contributed by atoms with Crippen LogP contribution in [0.2, 0.25) is 10.0 Å². The van der Waals surface area contributed by atoms with E-state index >= 15 is 0 Å². The fourth-order valence-electron chi connectivity index (χ4n) is 5.08. The van der Waals surface area contributed by atoms with Crippen LogP contribution < -0.4 is 14.9 Å². The summed E-state index contributed by atoms with van der Waals surface area (Å²) in [6.07, 6.45) is 3.26. The quantitative estimate of drug-likeness (QED) is 0.494. The molecule has 2 aliphatic rings. The molecule has 11 heteroatoms. The molecule has 2 unspecified atom stereocenters. The van der Waals surface area contributed by atoms with Gasteiger partial charge in [0, 0.05) is 6.54 Å². The number of nitrogens with one attached hydrogen (secondary N) is 2. The van der Waals surface area contributed by atoms with Gasteiger partial charge in [-0.3, -0.25) is 13.9 Å². The minimum Gasteiger partial charge on any atom is -0.356 e. The van der Waals surface area contributed by atoms with Gasteiger partial charge in [0.2, 0.25) is 11.8 Å². The van der Waals surface area contributed by atoms with E-state index in [4.69, 9.17) is 23.2 Å². The minimum atomic E-state index is -4.37. The number of carbonyl (C=O) groups is 2. The fourth-order valence-corrected chi connectivity index (χ4v) is 7.49. The summed E-state index contributed by atoms with van der Waals surface area (Å²) in [4.78, 5) is 28.8. The van der Waals surface area contributed by atoms with Crippen molar-refractivity contribution in [1.82, 2.24) is 10.2 Å². The lowest BCUT2D eigenvalue weighted by Gasteiger charge is -2.40. The second-order valence-corrected chi connectivity index (χ2v) is 12.2. The van der Waals surface area contributed by atoms with Crippen LogP contribution in [-0.4, -0.2) is 57.9 Å². The summed E-state index contributed by atoms with van der Waals surface area (Å²) in [5.74, 6) is -1.31. The standard InChI is InChI=1S/C26H32Cl2N4O4S/c1-3-18(25(33)29-14-11-17-12-15-31(2)16-13-17)24-26(34)30-20-8-4-5-9-21(20)32(24)37(35,36)22-10-6-7-19(27)23(22)28/h4-10,17-18,24H,3,11-16H2,1-2H3,(H,29,33)(H,30,34). The second kappa shape index (κ2) is 11.6. The third-order valence-corrected chi connectivity index (χ3v) is 9.99. The van der Waals surface area contributed by atoms with E-state index in [-0.39, 0.29) is 33.0 Å². The zero-order chi connectivity index (χ0) is 26.7. The number of sulfonamides is 1. The largest absolute Gasteiger partial charge is 0.356 e. The zero-order valence-corrected chi connectivity index (χ0v) is 23.2. The van der Waals surface area contributed by atoms with E-state index in [1.54, 1.807) is 31.2 Å². The zero-order valence-electron chi connectivity index (χ0n) is 20.9. The molecule has 2 aliphatic heterocycles. The van der Waals surface area contributed by atoms with Crippen molar-refractivity contribution in [3.8, 4) is 0 Å². The van der Waals surface area contributed by atoms with Crippen molar-refractivity contribution in [2.24, 2.45) is 11.8 Å². The molecule has 2 atom stereocenters. The first kappa shape index (κ1) is 27.7. The molecule has 2 heterocycles. The molecular weight excluding hydrogens is 535 g/mol. The Morgan fingerprint density at radius 3 is 2.54 bits per heavy atom. The number of nitrogens with zero attached hydrogens (tertiary/aromatic N) is 2. The number of benzene rings is 2. The van der Waals surface area contributed by atoms with Gasteiger partial charge in [-0.2, -0.15) is 0 Å². The lowest BCUT2D eigenvalue weighted by Crippen LogP contribution is -2.57. The molecule has 2 N–H and O–H groups in total. The van der Waals surface area contributed by atoms with Gasteiger partial charge >= 0.3 is 0 Å². The Morgan fingerprint density at radius 2 is 1.84 bits per heavy atom. The molecule has 1 saturated heterocycles. The maximum atomic E-state index is 14.0. The molecule has 0 spiro atoms. The highest BCUT2D eigenvalue weighted by molar-refractivity contribution is 7.93. The molecule has 0 aromatic heterocycles. The summed E-state index contributed by atoms with van der Waals surface area (Å²) in [5.41, 5.74) is 0.601. The average molecular weight is 568 g/mol.